The molecule has 10 nitrogen and oxygen atoms in total. The molecule has 0 spiro atoms. The number of amides is 1. The van der Waals surface area contributed by atoms with Crippen molar-refractivity contribution in [3.05, 3.63) is 72.2 Å². The third-order valence-electron chi connectivity index (χ3n) is 6.03. The lowest BCUT2D eigenvalue weighted by Crippen LogP contribution is -2.54. The predicted molar refractivity (Wildman–Crippen MR) is 124 cm³/mol. The highest BCUT2D eigenvalue weighted by atomic mass is 32.2. The number of nitrogens with zero attached hydrogens (tertiary/aromatic N) is 2. The van der Waals surface area contributed by atoms with Crippen LogP contribution in [0.4, 0.5) is 0 Å². The number of sulfone groups is 1. The molecule has 1 aliphatic rings. The van der Waals surface area contributed by atoms with Crippen molar-refractivity contribution in [3.8, 4) is 17.0 Å². The van der Waals surface area contributed by atoms with Crippen molar-refractivity contribution in [1.82, 2.24) is 15.4 Å². The van der Waals surface area contributed by atoms with Gasteiger partial charge in [0.05, 0.1) is 30.1 Å². The zero-order chi connectivity index (χ0) is 25.1. The first kappa shape index (κ1) is 24.5. The summed E-state index contributed by atoms with van der Waals surface area (Å²) in [6.45, 7) is 0.170. The first-order valence-corrected chi connectivity index (χ1v) is 12.2. The highest BCUT2D eigenvalue weighted by Gasteiger charge is 2.52. The van der Waals surface area contributed by atoms with Crippen LogP contribution in [0, 0.1) is 0 Å². The molecule has 1 aliphatic heterocycles. The molecule has 35 heavy (non-hydrogen) atoms. The number of benzene rings is 2. The average Bonchev–Trinajstić information content (AvgIpc) is 2.92. The quantitative estimate of drug-likeness (QED) is 0.285. The Morgan fingerprint density at radius 2 is 1.66 bits per heavy atom. The number of hydroxylamine groups is 1. The van der Waals surface area contributed by atoms with Crippen molar-refractivity contribution in [2.45, 2.75) is 22.5 Å². The van der Waals surface area contributed by atoms with E-state index in [2.05, 4.69) is 9.97 Å². The van der Waals surface area contributed by atoms with E-state index in [-0.39, 0.29) is 42.4 Å². The molecule has 4 rings (SSSR count). The number of carbonyl (C=O) groups is 2. The Labute approximate surface area is 201 Å². The fourth-order valence-corrected chi connectivity index (χ4v) is 5.88. The first-order chi connectivity index (χ1) is 16.8. The van der Waals surface area contributed by atoms with Crippen LogP contribution < -0.4 is 10.2 Å². The van der Waals surface area contributed by atoms with Crippen LogP contribution in [0.3, 0.4) is 0 Å². The normalized spacial score (nSPS) is 15.3. The zero-order valence-electron chi connectivity index (χ0n) is 18.8. The Kier molecular flexibility index (Phi) is 6.92. The molecule has 0 atom stereocenters. The molecule has 1 saturated heterocycles. The maximum Gasteiger partial charge on any atom is 0.265 e. The molecule has 0 aliphatic carbocycles. The molecule has 1 fully saturated rings. The summed E-state index contributed by atoms with van der Waals surface area (Å²) in [6, 6.07) is 12.5. The molecule has 3 aromatic rings. The van der Waals surface area contributed by atoms with Gasteiger partial charge in [-0.3, -0.25) is 19.8 Å². The van der Waals surface area contributed by atoms with E-state index >= 15 is 0 Å². The molecule has 0 saturated carbocycles. The third kappa shape index (κ3) is 4.53. The molecule has 182 valence electrons. The van der Waals surface area contributed by atoms with E-state index in [1.807, 2.05) is 0 Å². The van der Waals surface area contributed by atoms with Gasteiger partial charge in [-0.05, 0) is 49.2 Å². The van der Waals surface area contributed by atoms with Crippen molar-refractivity contribution in [3.63, 3.8) is 0 Å². The van der Waals surface area contributed by atoms with Gasteiger partial charge in [-0.1, -0.05) is 12.1 Å². The Morgan fingerprint density at radius 3 is 2.20 bits per heavy atom. The van der Waals surface area contributed by atoms with Crippen molar-refractivity contribution in [2.24, 2.45) is 0 Å². The van der Waals surface area contributed by atoms with Crippen molar-refractivity contribution in [1.29, 1.82) is 0 Å². The maximum absolute atomic E-state index is 13.4. The number of ketones is 1. The van der Waals surface area contributed by atoms with Gasteiger partial charge in [0.25, 0.3) is 5.91 Å². The Morgan fingerprint density at radius 1 is 1.00 bits per heavy atom. The summed E-state index contributed by atoms with van der Waals surface area (Å²) in [4.78, 5) is 33.4. The van der Waals surface area contributed by atoms with E-state index in [1.54, 1.807) is 36.4 Å². The summed E-state index contributed by atoms with van der Waals surface area (Å²) in [6.07, 6.45) is 2.64. The topological polar surface area (TPSA) is 145 Å². The fraction of sp³-hybridized carbons (Fsp3) is 0.250. The number of hydrogen-bond donors (Lipinski definition) is 2. The number of rotatable bonds is 7. The predicted octanol–water partition coefficient (Wildman–Crippen LogP) is 2.21. The lowest BCUT2D eigenvalue weighted by molar-refractivity contribution is -0.134. The van der Waals surface area contributed by atoms with Crippen LogP contribution in [0.25, 0.3) is 11.3 Å². The van der Waals surface area contributed by atoms with E-state index in [0.29, 0.717) is 22.6 Å². The number of aromatic nitrogens is 2. The molecule has 2 heterocycles. The lowest BCUT2D eigenvalue weighted by atomic mass is 9.98. The standard InChI is InChI=1S/C24H23N3O7S/c1-33-18-6-2-17(3-7-18)22(28)21-15-25-20(14-26-21)16-4-8-19(9-5-16)35(31,32)24(23(29)27-30)10-12-34-13-11-24/h2-9,14-15,30H,10-13H2,1H3,(H,27,29). The maximum atomic E-state index is 13.4. The number of carbonyl (C=O) groups excluding carboxylic acids is 2. The fourth-order valence-electron chi connectivity index (χ4n) is 3.94. The molecule has 2 N–H and O–H groups in total. The number of methoxy groups -OCH3 is 1. The van der Waals surface area contributed by atoms with E-state index in [4.69, 9.17) is 14.7 Å². The Bertz CT molecular complexity index is 1320. The van der Waals surface area contributed by atoms with E-state index < -0.39 is 20.5 Å². The lowest BCUT2D eigenvalue weighted by Gasteiger charge is -2.34. The number of nitrogens with one attached hydrogen (secondary N) is 1. The second-order valence-electron chi connectivity index (χ2n) is 7.92. The van der Waals surface area contributed by atoms with Crippen LogP contribution in [0.2, 0.25) is 0 Å². The SMILES string of the molecule is COc1ccc(C(=O)c2cnc(-c3ccc(S(=O)(=O)C4(C(=O)NO)CCOCC4)cc3)cn2)cc1. The van der Waals surface area contributed by atoms with Crippen LogP contribution in [-0.4, -0.2) is 60.4 Å². The average molecular weight is 498 g/mol. The second kappa shape index (κ2) is 9.90. The summed E-state index contributed by atoms with van der Waals surface area (Å²) in [5.41, 5.74) is 3.11. The van der Waals surface area contributed by atoms with Crippen LogP contribution in [0.15, 0.2) is 65.8 Å². The minimum absolute atomic E-state index is 0.0639. The zero-order valence-corrected chi connectivity index (χ0v) is 19.6. The van der Waals surface area contributed by atoms with Gasteiger partial charge in [0.15, 0.2) is 14.6 Å². The summed E-state index contributed by atoms with van der Waals surface area (Å²) in [7, 11) is -2.59. The van der Waals surface area contributed by atoms with E-state index in [0.717, 1.165) is 0 Å². The monoisotopic (exact) mass is 497 g/mol. The van der Waals surface area contributed by atoms with Gasteiger partial charge in [0.2, 0.25) is 5.78 Å². The minimum Gasteiger partial charge on any atom is -0.497 e. The second-order valence-corrected chi connectivity index (χ2v) is 10.2. The van der Waals surface area contributed by atoms with Crippen molar-refractivity contribution < 1.29 is 32.7 Å². The van der Waals surface area contributed by atoms with Crippen molar-refractivity contribution >= 4 is 21.5 Å². The van der Waals surface area contributed by atoms with Gasteiger partial charge >= 0.3 is 0 Å². The molecular formula is C24H23N3O7S. The smallest absolute Gasteiger partial charge is 0.265 e. The highest BCUT2D eigenvalue weighted by Crippen LogP contribution is 2.35. The van der Waals surface area contributed by atoms with Crippen LogP contribution >= 0.6 is 0 Å². The van der Waals surface area contributed by atoms with Crippen LogP contribution in [-0.2, 0) is 19.4 Å². The van der Waals surface area contributed by atoms with Gasteiger partial charge in [-0.2, -0.15) is 0 Å². The van der Waals surface area contributed by atoms with E-state index in [9.17, 15) is 18.0 Å². The molecule has 0 unspecified atom stereocenters. The Hall–Kier alpha value is -3.67. The largest absolute Gasteiger partial charge is 0.497 e. The third-order valence-corrected chi connectivity index (χ3v) is 8.54. The van der Waals surface area contributed by atoms with Gasteiger partial charge in [0.1, 0.15) is 11.4 Å². The Balaban J connectivity index is 1.56. The van der Waals surface area contributed by atoms with Gasteiger partial charge < -0.3 is 9.47 Å². The molecule has 0 radical (unpaired) electrons. The molecule has 2 aromatic carbocycles. The summed E-state index contributed by atoms with van der Waals surface area (Å²) >= 11 is 0. The molecule has 1 aromatic heterocycles. The van der Waals surface area contributed by atoms with Crippen molar-refractivity contribution in [2.75, 3.05) is 20.3 Å². The molecule has 1 amide bonds. The van der Waals surface area contributed by atoms with Gasteiger partial charge in [-0.15, -0.1) is 0 Å². The van der Waals surface area contributed by atoms with Crippen LogP contribution in [0.5, 0.6) is 5.75 Å². The molecular weight excluding hydrogens is 474 g/mol. The van der Waals surface area contributed by atoms with Crippen LogP contribution in [0.1, 0.15) is 28.9 Å². The molecule has 11 heteroatoms. The first-order valence-electron chi connectivity index (χ1n) is 10.7. The molecule has 0 bridgehead atoms. The van der Waals surface area contributed by atoms with E-state index in [1.165, 1.54) is 37.1 Å². The highest BCUT2D eigenvalue weighted by molar-refractivity contribution is 7.93. The minimum atomic E-state index is -4.13. The van der Waals surface area contributed by atoms with Gasteiger partial charge in [-0.25, -0.2) is 18.9 Å². The summed E-state index contributed by atoms with van der Waals surface area (Å²) in [5.74, 6) is -0.641. The summed E-state index contributed by atoms with van der Waals surface area (Å²) < 4.78 is 35.2. The number of hydrogen-bond acceptors (Lipinski definition) is 9. The number of ether oxygens (including phenoxy) is 2. The summed E-state index contributed by atoms with van der Waals surface area (Å²) in [5, 5.41) is 9.16. The van der Waals surface area contributed by atoms with Gasteiger partial charge in [0, 0.05) is 24.3 Å².